The Morgan fingerprint density at radius 2 is 2.05 bits per heavy atom. The van der Waals surface area contributed by atoms with E-state index < -0.39 is 0 Å². The fourth-order valence-electron chi connectivity index (χ4n) is 2.75. The summed E-state index contributed by atoms with van der Waals surface area (Å²) in [5, 5.41) is 7.07. The van der Waals surface area contributed by atoms with E-state index in [1.807, 2.05) is 24.3 Å². The minimum absolute atomic E-state index is 0.0601. The second kappa shape index (κ2) is 5.88. The summed E-state index contributed by atoms with van der Waals surface area (Å²) >= 11 is 6.11. The Morgan fingerprint density at radius 3 is 2.81 bits per heavy atom. The molecule has 0 fully saturated rings. The van der Waals surface area contributed by atoms with Gasteiger partial charge in [0.1, 0.15) is 0 Å². The molecule has 2 aromatic carbocycles. The fourth-order valence-corrected chi connectivity index (χ4v) is 2.95. The van der Waals surface area contributed by atoms with E-state index in [0.29, 0.717) is 6.42 Å². The Hall–Kier alpha value is -1.84. The molecule has 4 heteroatoms. The number of halogens is 1. The van der Waals surface area contributed by atoms with Crippen LogP contribution in [0.2, 0.25) is 5.02 Å². The standard InChI is InChI=1S/C17H17ClN2O/c1-2-19-17(11-4-3-5-14(18)9-11)12-6-7-15-13(8-12)10-16(21)20-15/h3-9,17,19H,2,10H2,1H3,(H,20,21). The highest BCUT2D eigenvalue weighted by Crippen LogP contribution is 2.30. The second-order valence-corrected chi connectivity index (χ2v) is 5.62. The number of nitrogens with one attached hydrogen (secondary N) is 2. The lowest BCUT2D eigenvalue weighted by Crippen LogP contribution is -2.22. The van der Waals surface area contributed by atoms with Crippen molar-refractivity contribution in [3.05, 3.63) is 64.2 Å². The van der Waals surface area contributed by atoms with Gasteiger partial charge >= 0.3 is 0 Å². The molecule has 2 N–H and O–H groups in total. The molecule has 3 rings (SSSR count). The number of hydrogen-bond acceptors (Lipinski definition) is 2. The quantitative estimate of drug-likeness (QED) is 0.907. The molecule has 2 aromatic rings. The van der Waals surface area contributed by atoms with Crippen LogP contribution >= 0.6 is 11.6 Å². The number of fused-ring (bicyclic) bond motifs is 1. The van der Waals surface area contributed by atoms with Gasteiger partial charge in [0.05, 0.1) is 12.5 Å². The summed E-state index contributed by atoms with van der Waals surface area (Å²) in [6.45, 7) is 2.93. The maximum atomic E-state index is 11.5. The Balaban J connectivity index is 1.98. The molecule has 0 bridgehead atoms. The molecule has 1 atom stereocenters. The number of benzene rings is 2. The Bertz CT molecular complexity index is 684. The van der Waals surface area contributed by atoms with Crippen molar-refractivity contribution in [1.82, 2.24) is 5.32 Å². The third kappa shape index (κ3) is 2.94. The normalized spacial score (nSPS) is 14.7. The molecule has 21 heavy (non-hydrogen) atoms. The van der Waals surface area contributed by atoms with Crippen LogP contribution in [-0.2, 0) is 11.2 Å². The van der Waals surface area contributed by atoms with E-state index in [1.54, 1.807) is 0 Å². The molecule has 1 unspecified atom stereocenters. The Labute approximate surface area is 129 Å². The van der Waals surface area contributed by atoms with Crippen molar-refractivity contribution < 1.29 is 4.79 Å². The molecule has 0 aromatic heterocycles. The van der Waals surface area contributed by atoms with Crippen LogP contribution in [0.3, 0.4) is 0 Å². The van der Waals surface area contributed by atoms with Gasteiger partial charge in [0.2, 0.25) is 5.91 Å². The van der Waals surface area contributed by atoms with Crippen molar-refractivity contribution in [1.29, 1.82) is 0 Å². The van der Waals surface area contributed by atoms with Crippen LogP contribution in [0.4, 0.5) is 5.69 Å². The molecule has 0 aliphatic carbocycles. The van der Waals surface area contributed by atoms with E-state index >= 15 is 0 Å². The lowest BCUT2D eigenvalue weighted by atomic mass is 9.96. The van der Waals surface area contributed by atoms with Gasteiger partial charge in [-0.25, -0.2) is 0 Å². The zero-order chi connectivity index (χ0) is 14.8. The number of carbonyl (C=O) groups excluding carboxylic acids is 1. The van der Waals surface area contributed by atoms with Gasteiger partial charge in [-0.2, -0.15) is 0 Å². The summed E-state index contributed by atoms with van der Waals surface area (Å²) in [7, 11) is 0. The maximum Gasteiger partial charge on any atom is 0.228 e. The van der Waals surface area contributed by atoms with Crippen LogP contribution in [-0.4, -0.2) is 12.5 Å². The van der Waals surface area contributed by atoms with Crippen molar-refractivity contribution in [2.45, 2.75) is 19.4 Å². The van der Waals surface area contributed by atoms with Gasteiger partial charge in [-0.05, 0) is 41.4 Å². The molecule has 108 valence electrons. The topological polar surface area (TPSA) is 41.1 Å². The summed E-state index contributed by atoms with van der Waals surface area (Å²) < 4.78 is 0. The fraction of sp³-hybridized carbons (Fsp3) is 0.235. The first kappa shape index (κ1) is 14.1. The summed E-state index contributed by atoms with van der Waals surface area (Å²) in [4.78, 5) is 11.5. The van der Waals surface area contributed by atoms with Gasteiger partial charge in [-0.3, -0.25) is 4.79 Å². The maximum absolute atomic E-state index is 11.5. The molecule has 1 heterocycles. The van der Waals surface area contributed by atoms with Crippen molar-refractivity contribution >= 4 is 23.2 Å². The lowest BCUT2D eigenvalue weighted by Gasteiger charge is -2.20. The monoisotopic (exact) mass is 300 g/mol. The third-order valence-electron chi connectivity index (χ3n) is 3.68. The van der Waals surface area contributed by atoms with E-state index in [9.17, 15) is 4.79 Å². The largest absolute Gasteiger partial charge is 0.326 e. The summed E-state index contributed by atoms with van der Waals surface area (Å²) in [6, 6.07) is 14.1. The van der Waals surface area contributed by atoms with E-state index in [0.717, 1.165) is 33.9 Å². The number of amides is 1. The predicted molar refractivity (Wildman–Crippen MR) is 85.7 cm³/mol. The highest BCUT2D eigenvalue weighted by atomic mass is 35.5. The van der Waals surface area contributed by atoms with Gasteiger partial charge in [-0.1, -0.05) is 42.8 Å². The van der Waals surface area contributed by atoms with Crippen LogP contribution in [0.5, 0.6) is 0 Å². The first-order valence-electron chi connectivity index (χ1n) is 7.09. The van der Waals surface area contributed by atoms with E-state index in [4.69, 9.17) is 11.6 Å². The minimum atomic E-state index is 0.0601. The highest BCUT2D eigenvalue weighted by Gasteiger charge is 2.20. The molecule has 0 saturated carbocycles. The minimum Gasteiger partial charge on any atom is -0.326 e. The number of hydrogen-bond donors (Lipinski definition) is 2. The predicted octanol–water partition coefficient (Wildman–Crippen LogP) is 3.53. The van der Waals surface area contributed by atoms with Crippen molar-refractivity contribution in [3.63, 3.8) is 0 Å². The SMILES string of the molecule is CCNC(c1cccc(Cl)c1)c1ccc2c(c1)CC(=O)N2. The van der Waals surface area contributed by atoms with Crippen LogP contribution in [0.25, 0.3) is 0 Å². The zero-order valence-electron chi connectivity index (χ0n) is 11.8. The Kier molecular flexibility index (Phi) is 3.95. The smallest absolute Gasteiger partial charge is 0.228 e. The van der Waals surface area contributed by atoms with Crippen molar-refractivity contribution in [2.24, 2.45) is 0 Å². The third-order valence-corrected chi connectivity index (χ3v) is 3.91. The number of rotatable bonds is 4. The van der Waals surface area contributed by atoms with Gasteiger partial charge in [0.15, 0.2) is 0 Å². The molecular weight excluding hydrogens is 284 g/mol. The lowest BCUT2D eigenvalue weighted by molar-refractivity contribution is -0.115. The molecule has 0 radical (unpaired) electrons. The van der Waals surface area contributed by atoms with Crippen molar-refractivity contribution in [2.75, 3.05) is 11.9 Å². The average molecular weight is 301 g/mol. The van der Waals surface area contributed by atoms with Crippen molar-refractivity contribution in [3.8, 4) is 0 Å². The van der Waals surface area contributed by atoms with E-state index in [2.05, 4.69) is 35.8 Å². The van der Waals surface area contributed by atoms with E-state index in [-0.39, 0.29) is 11.9 Å². The van der Waals surface area contributed by atoms with Gasteiger partial charge in [0, 0.05) is 10.7 Å². The average Bonchev–Trinajstić information content (AvgIpc) is 2.83. The molecule has 3 nitrogen and oxygen atoms in total. The van der Waals surface area contributed by atoms with E-state index in [1.165, 1.54) is 0 Å². The van der Waals surface area contributed by atoms with Crippen LogP contribution in [0.15, 0.2) is 42.5 Å². The van der Waals surface area contributed by atoms with Gasteiger partial charge in [-0.15, -0.1) is 0 Å². The van der Waals surface area contributed by atoms with Crippen LogP contribution in [0, 0.1) is 0 Å². The Morgan fingerprint density at radius 1 is 1.24 bits per heavy atom. The molecule has 0 spiro atoms. The zero-order valence-corrected chi connectivity index (χ0v) is 12.6. The highest BCUT2D eigenvalue weighted by molar-refractivity contribution is 6.30. The number of carbonyl (C=O) groups is 1. The summed E-state index contributed by atoms with van der Waals surface area (Å²) in [5.74, 6) is 0.0601. The molecular formula is C17H17ClN2O. The second-order valence-electron chi connectivity index (χ2n) is 5.19. The first-order valence-corrected chi connectivity index (χ1v) is 7.46. The van der Waals surface area contributed by atoms with Crippen LogP contribution < -0.4 is 10.6 Å². The summed E-state index contributed by atoms with van der Waals surface area (Å²) in [5.41, 5.74) is 4.25. The molecule has 1 aliphatic heterocycles. The molecule has 1 amide bonds. The molecule has 0 saturated heterocycles. The summed E-state index contributed by atoms with van der Waals surface area (Å²) in [6.07, 6.45) is 0.456. The van der Waals surface area contributed by atoms with Gasteiger partial charge < -0.3 is 10.6 Å². The first-order chi connectivity index (χ1) is 10.2. The van der Waals surface area contributed by atoms with Crippen LogP contribution in [0.1, 0.15) is 29.7 Å². The number of anilines is 1. The molecule has 1 aliphatic rings. The van der Waals surface area contributed by atoms with Gasteiger partial charge in [0.25, 0.3) is 0 Å².